The minimum absolute atomic E-state index is 0.324. The predicted molar refractivity (Wildman–Crippen MR) is 60.6 cm³/mol. The Kier molecular flexibility index (Phi) is 2.64. The SMILES string of the molecule is COC(=O)c1ccn2c(C(C)C)ncc2c1. The van der Waals surface area contributed by atoms with E-state index in [0.717, 1.165) is 11.3 Å². The summed E-state index contributed by atoms with van der Waals surface area (Å²) in [5, 5.41) is 0. The molecular formula is C12H14N2O2. The quantitative estimate of drug-likeness (QED) is 0.726. The molecule has 0 N–H and O–H groups in total. The summed E-state index contributed by atoms with van der Waals surface area (Å²) in [7, 11) is 1.38. The van der Waals surface area contributed by atoms with Gasteiger partial charge in [-0.1, -0.05) is 13.8 Å². The second kappa shape index (κ2) is 3.96. The molecule has 16 heavy (non-hydrogen) atoms. The van der Waals surface area contributed by atoms with Gasteiger partial charge in [-0.25, -0.2) is 9.78 Å². The highest BCUT2D eigenvalue weighted by atomic mass is 16.5. The molecule has 0 saturated carbocycles. The van der Waals surface area contributed by atoms with Crippen LogP contribution < -0.4 is 0 Å². The van der Waals surface area contributed by atoms with Crippen LogP contribution in [0.2, 0.25) is 0 Å². The van der Waals surface area contributed by atoms with Crippen molar-refractivity contribution in [1.29, 1.82) is 0 Å². The maximum absolute atomic E-state index is 11.3. The standard InChI is InChI=1S/C12H14N2O2/c1-8(2)11-13-7-10-6-9(12(15)16-3)4-5-14(10)11/h4-8H,1-3H3. The van der Waals surface area contributed by atoms with Crippen LogP contribution in [0.25, 0.3) is 5.52 Å². The van der Waals surface area contributed by atoms with E-state index in [9.17, 15) is 4.79 Å². The smallest absolute Gasteiger partial charge is 0.337 e. The topological polar surface area (TPSA) is 43.6 Å². The van der Waals surface area contributed by atoms with Crippen molar-refractivity contribution in [2.75, 3.05) is 7.11 Å². The van der Waals surface area contributed by atoms with Crippen molar-refractivity contribution in [3.05, 3.63) is 35.9 Å². The number of pyridine rings is 1. The number of hydrogen-bond donors (Lipinski definition) is 0. The molecule has 2 rings (SSSR count). The van der Waals surface area contributed by atoms with Crippen molar-refractivity contribution < 1.29 is 9.53 Å². The van der Waals surface area contributed by atoms with E-state index in [-0.39, 0.29) is 5.97 Å². The van der Waals surface area contributed by atoms with Crippen molar-refractivity contribution in [3.63, 3.8) is 0 Å². The molecule has 0 unspecified atom stereocenters. The number of nitrogens with zero attached hydrogens (tertiary/aromatic N) is 2. The van der Waals surface area contributed by atoms with E-state index in [2.05, 4.69) is 23.6 Å². The molecule has 0 aliphatic rings. The first kappa shape index (κ1) is 10.7. The molecule has 2 heterocycles. The molecule has 2 aromatic rings. The van der Waals surface area contributed by atoms with Crippen LogP contribution in [0.5, 0.6) is 0 Å². The number of ether oxygens (including phenoxy) is 1. The molecule has 0 radical (unpaired) electrons. The average Bonchev–Trinajstić information content (AvgIpc) is 2.70. The van der Waals surface area contributed by atoms with Crippen LogP contribution in [0.3, 0.4) is 0 Å². The number of methoxy groups -OCH3 is 1. The van der Waals surface area contributed by atoms with Gasteiger partial charge in [-0.05, 0) is 12.1 Å². The molecule has 0 spiro atoms. The van der Waals surface area contributed by atoms with Gasteiger partial charge in [0, 0.05) is 12.1 Å². The Hall–Kier alpha value is -1.84. The molecular weight excluding hydrogens is 204 g/mol. The molecule has 4 nitrogen and oxygen atoms in total. The van der Waals surface area contributed by atoms with Crippen molar-refractivity contribution in [2.24, 2.45) is 0 Å². The van der Waals surface area contributed by atoms with E-state index in [1.807, 2.05) is 10.6 Å². The van der Waals surface area contributed by atoms with Gasteiger partial charge >= 0.3 is 5.97 Å². The zero-order valence-electron chi connectivity index (χ0n) is 9.60. The molecule has 0 bridgehead atoms. The fourth-order valence-electron chi connectivity index (χ4n) is 1.69. The van der Waals surface area contributed by atoms with E-state index >= 15 is 0 Å². The molecule has 0 fully saturated rings. The van der Waals surface area contributed by atoms with Gasteiger partial charge in [0.2, 0.25) is 0 Å². The lowest BCUT2D eigenvalue weighted by Gasteiger charge is -2.05. The van der Waals surface area contributed by atoms with Crippen LogP contribution in [0.4, 0.5) is 0 Å². The van der Waals surface area contributed by atoms with Gasteiger partial charge < -0.3 is 9.14 Å². The van der Waals surface area contributed by atoms with Gasteiger partial charge in [-0.3, -0.25) is 0 Å². The lowest BCUT2D eigenvalue weighted by Crippen LogP contribution is -2.03. The van der Waals surface area contributed by atoms with Gasteiger partial charge in [0.1, 0.15) is 5.82 Å². The van der Waals surface area contributed by atoms with Gasteiger partial charge in [0.25, 0.3) is 0 Å². The van der Waals surface area contributed by atoms with Crippen molar-refractivity contribution in [1.82, 2.24) is 9.38 Å². The molecule has 0 aromatic carbocycles. The largest absolute Gasteiger partial charge is 0.465 e. The highest BCUT2D eigenvalue weighted by Crippen LogP contribution is 2.16. The first-order valence-corrected chi connectivity index (χ1v) is 5.19. The van der Waals surface area contributed by atoms with Crippen LogP contribution in [0, 0.1) is 0 Å². The number of aromatic nitrogens is 2. The van der Waals surface area contributed by atoms with E-state index in [0.29, 0.717) is 11.5 Å². The highest BCUT2D eigenvalue weighted by molar-refractivity contribution is 5.90. The molecule has 2 aromatic heterocycles. The molecule has 0 amide bonds. The van der Waals surface area contributed by atoms with E-state index in [1.54, 1.807) is 18.3 Å². The Labute approximate surface area is 93.9 Å². The summed E-state index contributed by atoms with van der Waals surface area (Å²) < 4.78 is 6.65. The minimum atomic E-state index is -0.324. The normalized spacial score (nSPS) is 11.0. The molecule has 84 valence electrons. The molecule has 0 saturated heterocycles. The number of carbonyl (C=O) groups excluding carboxylic acids is 1. The van der Waals surface area contributed by atoms with Crippen molar-refractivity contribution >= 4 is 11.5 Å². The Balaban J connectivity index is 2.53. The van der Waals surface area contributed by atoms with Gasteiger partial charge in [0.05, 0.1) is 24.4 Å². The first-order chi connectivity index (χ1) is 7.63. The number of carbonyl (C=O) groups is 1. The number of rotatable bonds is 2. The van der Waals surface area contributed by atoms with E-state index < -0.39 is 0 Å². The summed E-state index contributed by atoms with van der Waals surface area (Å²) in [4.78, 5) is 15.7. The van der Waals surface area contributed by atoms with Crippen LogP contribution in [0.1, 0.15) is 35.9 Å². The van der Waals surface area contributed by atoms with Crippen molar-refractivity contribution in [3.8, 4) is 0 Å². The van der Waals surface area contributed by atoms with Crippen LogP contribution in [-0.2, 0) is 4.74 Å². The second-order valence-electron chi connectivity index (χ2n) is 3.97. The summed E-state index contributed by atoms with van der Waals surface area (Å²) in [6.45, 7) is 4.17. The first-order valence-electron chi connectivity index (χ1n) is 5.19. The maximum Gasteiger partial charge on any atom is 0.337 e. The predicted octanol–water partition coefficient (Wildman–Crippen LogP) is 2.24. The van der Waals surface area contributed by atoms with Gasteiger partial charge in [0.15, 0.2) is 0 Å². The third-order valence-corrected chi connectivity index (χ3v) is 2.50. The second-order valence-corrected chi connectivity index (χ2v) is 3.97. The Morgan fingerprint density at radius 2 is 2.25 bits per heavy atom. The fourth-order valence-corrected chi connectivity index (χ4v) is 1.69. The maximum atomic E-state index is 11.3. The fraction of sp³-hybridized carbons (Fsp3) is 0.333. The minimum Gasteiger partial charge on any atom is -0.465 e. The summed E-state index contributed by atoms with van der Waals surface area (Å²) in [6.07, 6.45) is 3.62. The Morgan fingerprint density at radius 3 is 2.88 bits per heavy atom. The third kappa shape index (κ3) is 1.66. The monoisotopic (exact) mass is 218 g/mol. The number of imidazole rings is 1. The summed E-state index contributed by atoms with van der Waals surface area (Å²) in [5.41, 5.74) is 1.46. The van der Waals surface area contributed by atoms with Crippen LogP contribution in [-0.4, -0.2) is 22.5 Å². The molecule has 0 aliphatic carbocycles. The van der Waals surface area contributed by atoms with Crippen LogP contribution >= 0.6 is 0 Å². The molecule has 0 atom stereocenters. The summed E-state index contributed by atoms with van der Waals surface area (Å²) >= 11 is 0. The van der Waals surface area contributed by atoms with E-state index in [1.165, 1.54) is 7.11 Å². The molecule has 4 heteroatoms. The lowest BCUT2D eigenvalue weighted by atomic mass is 10.2. The average molecular weight is 218 g/mol. The molecule has 0 aliphatic heterocycles. The van der Waals surface area contributed by atoms with Crippen LogP contribution in [0.15, 0.2) is 24.5 Å². The Morgan fingerprint density at radius 1 is 1.50 bits per heavy atom. The summed E-state index contributed by atoms with van der Waals surface area (Å²) in [6, 6.07) is 3.52. The number of esters is 1. The number of hydrogen-bond acceptors (Lipinski definition) is 3. The zero-order valence-corrected chi connectivity index (χ0v) is 9.60. The van der Waals surface area contributed by atoms with Gasteiger partial charge in [-0.2, -0.15) is 0 Å². The highest BCUT2D eigenvalue weighted by Gasteiger charge is 2.10. The van der Waals surface area contributed by atoms with E-state index in [4.69, 9.17) is 0 Å². The summed E-state index contributed by atoms with van der Waals surface area (Å²) in [5.74, 6) is 1.02. The third-order valence-electron chi connectivity index (χ3n) is 2.50. The zero-order chi connectivity index (χ0) is 11.7. The Bertz CT molecular complexity index is 529. The van der Waals surface area contributed by atoms with Crippen molar-refractivity contribution in [2.45, 2.75) is 19.8 Å². The number of fused-ring (bicyclic) bond motifs is 1. The van der Waals surface area contributed by atoms with Gasteiger partial charge in [-0.15, -0.1) is 0 Å². The lowest BCUT2D eigenvalue weighted by molar-refractivity contribution is 0.0600.